The second-order valence-corrected chi connectivity index (χ2v) is 5.64. The number of rotatable bonds is 10. The van der Waals surface area contributed by atoms with Gasteiger partial charge < -0.3 is 15.4 Å². The van der Waals surface area contributed by atoms with Crippen LogP contribution in [-0.4, -0.2) is 25.6 Å². The first-order valence-electron chi connectivity index (χ1n) is 7.85. The van der Waals surface area contributed by atoms with Gasteiger partial charge in [-0.05, 0) is 37.4 Å². The molecule has 0 heterocycles. The molecule has 0 radical (unpaired) electrons. The van der Waals surface area contributed by atoms with Gasteiger partial charge in [0.05, 0.1) is 13.2 Å². The van der Waals surface area contributed by atoms with Crippen molar-refractivity contribution in [1.29, 1.82) is 0 Å². The summed E-state index contributed by atoms with van der Waals surface area (Å²) < 4.78 is 5.69. The first-order valence-corrected chi connectivity index (χ1v) is 7.85. The third-order valence-corrected chi connectivity index (χ3v) is 3.07. The molecule has 2 N–H and O–H groups in total. The van der Waals surface area contributed by atoms with Gasteiger partial charge >= 0.3 is 0 Å². The van der Waals surface area contributed by atoms with Gasteiger partial charge in [0.2, 0.25) is 5.91 Å². The predicted octanol–water partition coefficient (Wildman–Crippen LogP) is 3.44. The number of carbonyl (C=O) groups excluding carboxylic acids is 1. The van der Waals surface area contributed by atoms with Gasteiger partial charge in [0.1, 0.15) is 5.75 Å². The molecule has 0 aromatic heterocycles. The Morgan fingerprint density at radius 2 is 2.14 bits per heavy atom. The van der Waals surface area contributed by atoms with Crippen LogP contribution in [0.1, 0.15) is 40.0 Å². The molecule has 1 rings (SSSR count). The molecular weight excluding hydrogens is 264 g/mol. The highest BCUT2D eigenvalue weighted by molar-refractivity contribution is 5.92. The van der Waals surface area contributed by atoms with Crippen molar-refractivity contribution in [3.8, 4) is 5.75 Å². The molecule has 0 aliphatic carbocycles. The molecule has 0 unspecified atom stereocenters. The number of benzene rings is 1. The lowest BCUT2D eigenvalue weighted by molar-refractivity contribution is -0.115. The average Bonchev–Trinajstić information content (AvgIpc) is 2.44. The van der Waals surface area contributed by atoms with Gasteiger partial charge in [-0.15, -0.1) is 0 Å². The minimum atomic E-state index is -0.0227. The zero-order valence-corrected chi connectivity index (χ0v) is 13.4. The van der Waals surface area contributed by atoms with Gasteiger partial charge in [-0.25, -0.2) is 0 Å². The fourth-order valence-electron chi connectivity index (χ4n) is 1.78. The number of unbranched alkanes of at least 4 members (excludes halogenated alkanes) is 1. The monoisotopic (exact) mass is 292 g/mol. The Bertz CT molecular complexity index is 419. The van der Waals surface area contributed by atoms with Crippen molar-refractivity contribution in [1.82, 2.24) is 5.32 Å². The number of ether oxygens (including phenoxy) is 1. The van der Waals surface area contributed by atoms with E-state index in [1.807, 2.05) is 24.3 Å². The highest BCUT2D eigenvalue weighted by Crippen LogP contribution is 2.17. The maximum atomic E-state index is 11.8. The predicted molar refractivity (Wildman–Crippen MR) is 87.8 cm³/mol. The third-order valence-electron chi connectivity index (χ3n) is 3.07. The first kappa shape index (κ1) is 17.5. The van der Waals surface area contributed by atoms with E-state index >= 15 is 0 Å². The minimum Gasteiger partial charge on any atom is -0.494 e. The van der Waals surface area contributed by atoms with Crippen LogP contribution in [0, 0.1) is 5.92 Å². The van der Waals surface area contributed by atoms with Crippen LogP contribution in [0.5, 0.6) is 5.75 Å². The number of carbonyl (C=O) groups is 1. The normalized spacial score (nSPS) is 10.7. The van der Waals surface area contributed by atoms with Crippen molar-refractivity contribution in [3.05, 3.63) is 24.3 Å². The quantitative estimate of drug-likeness (QED) is 0.649. The van der Waals surface area contributed by atoms with Crippen LogP contribution in [0.2, 0.25) is 0 Å². The Hall–Kier alpha value is -1.55. The van der Waals surface area contributed by atoms with E-state index in [0.717, 1.165) is 37.2 Å². The summed E-state index contributed by atoms with van der Waals surface area (Å²) in [5.74, 6) is 1.40. The maximum absolute atomic E-state index is 11.8. The molecule has 0 aliphatic heterocycles. The van der Waals surface area contributed by atoms with E-state index in [1.165, 1.54) is 0 Å². The van der Waals surface area contributed by atoms with Crippen LogP contribution in [0.25, 0.3) is 0 Å². The molecule has 1 amide bonds. The number of nitrogens with one attached hydrogen (secondary N) is 2. The van der Waals surface area contributed by atoms with Crippen LogP contribution >= 0.6 is 0 Å². The van der Waals surface area contributed by atoms with Crippen LogP contribution in [0.15, 0.2) is 24.3 Å². The van der Waals surface area contributed by atoms with Crippen LogP contribution in [0.3, 0.4) is 0 Å². The molecule has 4 nitrogen and oxygen atoms in total. The highest BCUT2D eigenvalue weighted by Gasteiger charge is 2.03. The topological polar surface area (TPSA) is 50.4 Å². The maximum Gasteiger partial charge on any atom is 0.238 e. The molecule has 4 heteroatoms. The highest BCUT2D eigenvalue weighted by atomic mass is 16.5. The summed E-state index contributed by atoms with van der Waals surface area (Å²) in [5.41, 5.74) is 0.777. The minimum absolute atomic E-state index is 0.0227. The van der Waals surface area contributed by atoms with E-state index in [4.69, 9.17) is 4.74 Å². The molecule has 0 saturated carbocycles. The van der Waals surface area contributed by atoms with Crippen molar-refractivity contribution in [3.63, 3.8) is 0 Å². The van der Waals surface area contributed by atoms with Crippen molar-refractivity contribution < 1.29 is 9.53 Å². The summed E-state index contributed by atoms with van der Waals surface area (Å²) in [6.45, 7) is 8.40. The van der Waals surface area contributed by atoms with Gasteiger partial charge in [-0.2, -0.15) is 0 Å². The van der Waals surface area contributed by atoms with Crippen LogP contribution < -0.4 is 15.4 Å². The lowest BCUT2D eigenvalue weighted by Crippen LogP contribution is -2.28. The van der Waals surface area contributed by atoms with E-state index < -0.39 is 0 Å². The molecule has 0 saturated heterocycles. The van der Waals surface area contributed by atoms with Gasteiger partial charge in [-0.1, -0.05) is 33.3 Å². The zero-order valence-electron chi connectivity index (χ0n) is 13.4. The molecule has 0 bridgehead atoms. The first-order chi connectivity index (χ1) is 10.1. The smallest absolute Gasteiger partial charge is 0.238 e. The second kappa shape index (κ2) is 10.2. The number of hydrogen-bond donors (Lipinski definition) is 2. The summed E-state index contributed by atoms with van der Waals surface area (Å²) >= 11 is 0. The molecule has 0 fully saturated rings. The van der Waals surface area contributed by atoms with Crippen LogP contribution in [-0.2, 0) is 4.79 Å². The zero-order chi connectivity index (χ0) is 15.5. The molecule has 0 spiro atoms. The number of amides is 1. The lowest BCUT2D eigenvalue weighted by atomic mass is 10.1. The number of hydrogen-bond acceptors (Lipinski definition) is 3. The largest absolute Gasteiger partial charge is 0.494 e. The summed E-state index contributed by atoms with van der Waals surface area (Å²) in [4.78, 5) is 11.8. The van der Waals surface area contributed by atoms with Crippen LogP contribution in [0.4, 0.5) is 5.69 Å². The van der Waals surface area contributed by atoms with Crippen molar-refractivity contribution >= 4 is 11.6 Å². The Morgan fingerprint density at radius 3 is 2.86 bits per heavy atom. The van der Waals surface area contributed by atoms with Crippen molar-refractivity contribution in [2.75, 3.05) is 25.0 Å². The van der Waals surface area contributed by atoms with E-state index in [1.54, 1.807) is 0 Å². The van der Waals surface area contributed by atoms with E-state index in [-0.39, 0.29) is 5.91 Å². The summed E-state index contributed by atoms with van der Waals surface area (Å²) in [6, 6.07) is 7.55. The van der Waals surface area contributed by atoms with Gasteiger partial charge in [0.25, 0.3) is 0 Å². The Kier molecular flexibility index (Phi) is 8.51. The summed E-state index contributed by atoms with van der Waals surface area (Å²) in [7, 11) is 0. The molecular formula is C17H28N2O2. The van der Waals surface area contributed by atoms with Crippen molar-refractivity contribution in [2.24, 2.45) is 5.92 Å². The Balaban J connectivity index is 2.35. The molecule has 1 aromatic rings. The summed E-state index contributed by atoms with van der Waals surface area (Å²) in [5, 5.41) is 6.00. The number of anilines is 1. The fourth-order valence-corrected chi connectivity index (χ4v) is 1.78. The Morgan fingerprint density at radius 1 is 1.33 bits per heavy atom. The van der Waals surface area contributed by atoms with E-state index in [2.05, 4.69) is 31.4 Å². The molecule has 118 valence electrons. The Labute approximate surface area is 128 Å². The standard InChI is InChI=1S/C17H28N2O2/c1-4-5-10-18-13-17(20)19-15-7-6-8-16(12-15)21-11-9-14(2)3/h6-8,12,14,18H,4-5,9-11,13H2,1-3H3,(H,19,20). The van der Waals surface area contributed by atoms with E-state index in [9.17, 15) is 4.79 Å². The van der Waals surface area contributed by atoms with Crippen molar-refractivity contribution in [2.45, 2.75) is 40.0 Å². The van der Waals surface area contributed by atoms with Gasteiger partial charge in [0, 0.05) is 11.8 Å². The summed E-state index contributed by atoms with van der Waals surface area (Å²) in [6.07, 6.45) is 3.24. The SMILES string of the molecule is CCCCNCC(=O)Nc1cccc(OCCC(C)C)c1. The fraction of sp³-hybridized carbons (Fsp3) is 0.588. The lowest BCUT2D eigenvalue weighted by Gasteiger charge is -2.10. The second-order valence-electron chi connectivity index (χ2n) is 5.64. The third kappa shape index (κ3) is 8.35. The molecule has 0 atom stereocenters. The molecule has 1 aromatic carbocycles. The average molecular weight is 292 g/mol. The molecule has 21 heavy (non-hydrogen) atoms. The molecule has 0 aliphatic rings. The van der Waals surface area contributed by atoms with Gasteiger partial charge in [0.15, 0.2) is 0 Å². The van der Waals surface area contributed by atoms with Gasteiger partial charge in [-0.3, -0.25) is 4.79 Å². The van der Waals surface area contributed by atoms with E-state index in [0.29, 0.717) is 19.1 Å².